The first-order valence-corrected chi connectivity index (χ1v) is 10.8. The molecule has 0 amide bonds. The van der Waals surface area contributed by atoms with Gasteiger partial charge in [-0.3, -0.25) is 4.90 Å². The zero-order valence-corrected chi connectivity index (χ0v) is 16.3. The van der Waals surface area contributed by atoms with Crippen molar-refractivity contribution >= 4 is 17.2 Å². The lowest BCUT2D eigenvalue weighted by Crippen LogP contribution is -2.46. The zero-order valence-electron chi connectivity index (χ0n) is 15.5. The minimum absolute atomic E-state index is 0.620. The Hall–Kier alpha value is -1.53. The Morgan fingerprint density at radius 3 is 2.65 bits per heavy atom. The Kier molecular flexibility index (Phi) is 4.41. The predicted octanol–water partition coefficient (Wildman–Crippen LogP) is 3.36. The molecule has 5 rings (SSSR count). The number of aryl methyl sites for hydroxylation is 3. The SMILES string of the molecule is Cc1cc(N(C2CC2)C2CCN(Cc3nc4c(s3)CCC4)CC2)ncn1. The highest BCUT2D eigenvalue weighted by molar-refractivity contribution is 7.11. The smallest absolute Gasteiger partial charge is 0.132 e. The molecular weight excluding hydrogens is 342 g/mol. The van der Waals surface area contributed by atoms with Crippen LogP contribution in [-0.4, -0.2) is 45.0 Å². The van der Waals surface area contributed by atoms with Gasteiger partial charge in [-0.1, -0.05) is 0 Å². The first kappa shape index (κ1) is 16.6. The lowest BCUT2D eigenvalue weighted by Gasteiger charge is -2.39. The van der Waals surface area contributed by atoms with Crippen LogP contribution in [0.5, 0.6) is 0 Å². The van der Waals surface area contributed by atoms with Gasteiger partial charge in [-0.15, -0.1) is 11.3 Å². The topological polar surface area (TPSA) is 45.2 Å². The monoisotopic (exact) mass is 369 g/mol. The fourth-order valence-corrected chi connectivity index (χ4v) is 5.66. The Bertz CT molecular complexity index is 755. The molecule has 0 unspecified atom stereocenters. The summed E-state index contributed by atoms with van der Waals surface area (Å²) in [5, 5.41) is 1.33. The number of thiazole rings is 1. The van der Waals surface area contributed by atoms with E-state index < -0.39 is 0 Å². The Morgan fingerprint density at radius 2 is 1.92 bits per heavy atom. The van der Waals surface area contributed by atoms with Gasteiger partial charge in [-0.05, 0) is 51.9 Å². The maximum Gasteiger partial charge on any atom is 0.132 e. The minimum Gasteiger partial charge on any atom is -0.350 e. The maximum absolute atomic E-state index is 4.88. The lowest BCUT2D eigenvalue weighted by molar-refractivity contribution is 0.200. The molecule has 0 spiro atoms. The van der Waals surface area contributed by atoms with Gasteiger partial charge < -0.3 is 4.90 Å². The van der Waals surface area contributed by atoms with Crippen LogP contribution in [-0.2, 0) is 19.4 Å². The molecule has 2 aromatic rings. The highest BCUT2D eigenvalue weighted by Gasteiger charge is 2.36. The molecule has 2 fully saturated rings. The van der Waals surface area contributed by atoms with Crippen molar-refractivity contribution in [2.45, 2.75) is 70.5 Å². The van der Waals surface area contributed by atoms with E-state index >= 15 is 0 Å². The largest absolute Gasteiger partial charge is 0.350 e. The van der Waals surface area contributed by atoms with Gasteiger partial charge in [0, 0.05) is 41.8 Å². The first-order valence-electron chi connectivity index (χ1n) is 10.0. The number of anilines is 1. The molecule has 3 heterocycles. The van der Waals surface area contributed by atoms with Crippen LogP contribution in [0.15, 0.2) is 12.4 Å². The molecule has 1 aliphatic heterocycles. The quantitative estimate of drug-likeness (QED) is 0.809. The van der Waals surface area contributed by atoms with Gasteiger partial charge in [0.25, 0.3) is 0 Å². The van der Waals surface area contributed by atoms with E-state index in [9.17, 15) is 0 Å². The maximum atomic E-state index is 4.88. The molecule has 2 aliphatic carbocycles. The van der Waals surface area contributed by atoms with Crippen LogP contribution in [0.2, 0.25) is 0 Å². The second kappa shape index (κ2) is 6.89. The molecule has 0 radical (unpaired) electrons. The Morgan fingerprint density at radius 1 is 1.12 bits per heavy atom. The van der Waals surface area contributed by atoms with Gasteiger partial charge in [0.1, 0.15) is 17.2 Å². The van der Waals surface area contributed by atoms with E-state index in [0.717, 1.165) is 18.1 Å². The van der Waals surface area contributed by atoms with Gasteiger partial charge in [0.15, 0.2) is 0 Å². The van der Waals surface area contributed by atoms with E-state index in [1.807, 2.05) is 11.3 Å². The van der Waals surface area contributed by atoms with Gasteiger partial charge in [-0.25, -0.2) is 15.0 Å². The summed E-state index contributed by atoms with van der Waals surface area (Å²) in [5.41, 5.74) is 2.45. The van der Waals surface area contributed by atoms with Crippen molar-refractivity contribution in [3.05, 3.63) is 33.7 Å². The summed E-state index contributed by atoms with van der Waals surface area (Å²) in [6, 6.07) is 3.47. The molecule has 6 heteroatoms. The second-order valence-corrected chi connectivity index (χ2v) is 9.16. The van der Waals surface area contributed by atoms with Crippen molar-refractivity contribution in [2.24, 2.45) is 0 Å². The predicted molar refractivity (Wildman–Crippen MR) is 105 cm³/mol. The summed E-state index contributed by atoms with van der Waals surface area (Å²) in [5.74, 6) is 1.13. The molecule has 26 heavy (non-hydrogen) atoms. The highest BCUT2D eigenvalue weighted by Crippen LogP contribution is 2.36. The molecule has 0 aromatic carbocycles. The van der Waals surface area contributed by atoms with Crippen LogP contribution in [0.25, 0.3) is 0 Å². The van der Waals surface area contributed by atoms with Crippen molar-refractivity contribution in [3.8, 4) is 0 Å². The first-order chi connectivity index (χ1) is 12.8. The number of likely N-dealkylation sites (tertiary alicyclic amines) is 1. The van der Waals surface area contributed by atoms with Gasteiger partial charge >= 0.3 is 0 Å². The standard InChI is InChI=1S/C20H27N5S/c1-14-11-19(22-13-21-14)25(15-5-6-15)16-7-9-24(10-8-16)12-20-23-17-3-2-4-18(17)26-20/h11,13,15-16H,2-10,12H2,1H3. The number of rotatable bonds is 5. The number of piperidine rings is 1. The third-order valence-corrected chi connectivity index (χ3v) is 7.09. The van der Waals surface area contributed by atoms with E-state index in [1.165, 1.54) is 68.7 Å². The number of fused-ring (bicyclic) bond motifs is 1. The van der Waals surface area contributed by atoms with Crippen molar-refractivity contribution in [1.29, 1.82) is 0 Å². The molecular formula is C20H27N5S. The van der Waals surface area contributed by atoms with Crippen LogP contribution in [0, 0.1) is 6.92 Å². The van der Waals surface area contributed by atoms with E-state index in [2.05, 4.69) is 32.8 Å². The Labute approximate surface area is 159 Å². The van der Waals surface area contributed by atoms with Crippen molar-refractivity contribution in [1.82, 2.24) is 19.9 Å². The summed E-state index contributed by atoms with van der Waals surface area (Å²) in [4.78, 5) is 20.5. The second-order valence-electron chi connectivity index (χ2n) is 7.99. The average molecular weight is 370 g/mol. The van der Waals surface area contributed by atoms with Gasteiger partial charge in [0.05, 0.1) is 12.2 Å². The fourth-order valence-electron chi connectivity index (χ4n) is 4.47. The summed E-state index contributed by atoms with van der Waals surface area (Å²) in [7, 11) is 0. The van der Waals surface area contributed by atoms with Crippen molar-refractivity contribution in [3.63, 3.8) is 0 Å². The lowest BCUT2D eigenvalue weighted by atomic mass is 10.0. The van der Waals surface area contributed by atoms with Crippen LogP contribution in [0.4, 0.5) is 5.82 Å². The molecule has 0 atom stereocenters. The summed E-state index contributed by atoms with van der Waals surface area (Å²) >= 11 is 1.96. The van der Waals surface area contributed by atoms with E-state index in [4.69, 9.17) is 4.98 Å². The number of aromatic nitrogens is 3. The number of hydrogen-bond acceptors (Lipinski definition) is 6. The molecule has 5 nitrogen and oxygen atoms in total. The van der Waals surface area contributed by atoms with Gasteiger partial charge in [-0.2, -0.15) is 0 Å². The van der Waals surface area contributed by atoms with Crippen LogP contribution < -0.4 is 4.90 Å². The third kappa shape index (κ3) is 3.37. The average Bonchev–Trinajstić information content (AvgIpc) is 3.24. The number of nitrogens with zero attached hydrogens (tertiary/aromatic N) is 5. The Balaban J connectivity index is 1.22. The summed E-state index contributed by atoms with van der Waals surface area (Å²) in [6.07, 6.45) is 10.6. The molecule has 3 aliphatic rings. The van der Waals surface area contributed by atoms with E-state index in [1.54, 1.807) is 11.2 Å². The highest BCUT2D eigenvalue weighted by atomic mass is 32.1. The van der Waals surface area contributed by atoms with Crippen LogP contribution >= 0.6 is 11.3 Å². The van der Waals surface area contributed by atoms with Crippen LogP contribution in [0.3, 0.4) is 0 Å². The fraction of sp³-hybridized carbons (Fsp3) is 0.650. The molecule has 1 saturated heterocycles. The van der Waals surface area contributed by atoms with Crippen molar-refractivity contribution < 1.29 is 0 Å². The number of hydrogen-bond donors (Lipinski definition) is 0. The third-order valence-electron chi connectivity index (χ3n) is 5.94. The van der Waals surface area contributed by atoms with E-state index in [-0.39, 0.29) is 0 Å². The van der Waals surface area contributed by atoms with Crippen molar-refractivity contribution in [2.75, 3.05) is 18.0 Å². The van der Waals surface area contributed by atoms with Crippen LogP contribution in [0.1, 0.15) is 53.4 Å². The molecule has 1 saturated carbocycles. The molecule has 2 aromatic heterocycles. The normalized spacial score (nSPS) is 21.1. The summed E-state index contributed by atoms with van der Waals surface area (Å²) in [6.45, 7) is 5.44. The molecule has 138 valence electrons. The molecule has 0 N–H and O–H groups in total. The van der Waals surface area contributed by atoms with E-state index in [0.29, 0.717) is 12.1 Å². The zero-order chi connectivity index (χ0) is 17.5. The van der Waals surface area contributed by atoms with Gasteiger partial charge in [0.2, 0.25) is 0 Å². The summed E-state index contributed by atoms with van der Waals surface area (Å²) < 4.78 is 0. The minimum atomic E-state index is 0.620. The molecule has 0 bridgehead atoms.